The fraction of sp³-hybridized carbons (Fsp3) is 0.222. The summed E-state index contributed by atoms with van der Waals surface area (Å²) >= 11 is -0.0945. The molecule has 2 aliphatic heterocycles. The Bertz CT molecular complexity index is 3850. The van der Waals surface area contributed by atoms with Gasteiger partial charge in [-0.25, -0.2) is 0 Å². The summed E-state index contributed by atoms with van der Waals surface area (Å²) in [6.45, 7) is 27.8. The minimum atomic E-state index is -0.140. The summed E-state index contributed by atoms with van der Waals surface area (Å²) < 4.78 is 10.2. The van der Waals surface area contributed by atoms with Crippen LogP contribution < -0.4 is 35.3 Å². The van der Waals surface area contributed by atoms with Crippen LogP contribution in [0.25, 0.3) is 44.3 Å². The van der Waals surface area contributed by atoms with E-state index >= 15 is 0 Å². The second-order valence-corrected chi connectivity index (χ2v) is 27.7. The monoisotopic (exact) mass is 1070 g/mol. The standard InChI is InChI=1S/C72H69BN2OSe/c1-69(2,3)49-31-34-53(35-32-49)74(61-30-22-21-29-58(61)47-25-17-14-18-26-47)54-36-37-60-64(45-54)77-65-40-48(57-28-20-19-27-56(57)46-23-15-13-16-24-46)39-62-66(65)73(60)68-67(59-44-50(70(4,5)6)33-38-63(59)76-68)75(62)55-42-51(71(7,8)9)41-52(43-55)72(10,11)12/h13-45H,1-12H3. The van der Waals surface area contributed by atoms with Gasteiger partial charge in [-0.2, -0.15) is 0 Å². The van der Waals surface area contributed by atoms with Crippen molar-refractivity contribution >= 4 is 92.3 Å². The first-order valence-corrected chi connectivity index (χ1v) is 29.1. The van der Waals surface area contributed by atoms with E-state index in [9.17, 15) is 0 Å². The predicted molar refractivity (Wildman–Crippen MR) is 333 cm³/mol. The summed E-state index contributed by atoms with van der Waals surface area (Å²) in [7, 11) is 0. The van der Waals surface area contributed by atoms with Crippen LogP contribution >= 0.6 is 0 Å². The number of hydrogen-bond acceptors (Lipinski definition) is 3. The predicted octanol–water partition coefficient (Wildman–Crippen LogP) is 16.4. The average Bonchev–Trinajstić information content (AvgIpc) is 4.09. The van der Waals surface area contributed by atoms with Gasteiger partial charge in [-0.15, -0.1) is 0 Å². The summed E-state index contributed by atoms with van der Waals surface area (Å²) in [5.74, 6) is 0. The first-order chi connectivity index (χ1) is 36.7. The van der Waals surface area contributed by atoms with Crippen LogP contribution in [0.4, 0.5) is 34.1 Å². The van der Waals surface area contributed by atoms with E-state index in [1.807, 2.05) is 0 Å². The molecule has 382 valence electrons. The van der Waals surface area contributed by atoms with Crippen molar-refractivity contribution in [3.05, 3.63) is 222 Å². The number of furan rings is 1. The van der Waals surface area contributed by atoms with Gasteiger partial charge in [0.1, 0.15) is 0 Å². The van der Waals surface area contributed by atoms with Gasteiger partial charge in [0.05, 0.1) is 0 Å². The molecule has 0 saturated carbocycles. The molecule has 77 heavy (non-hydrogen) atoms. The molecule has 0 radical (unpaired) electrons. The molecule has 0 bridgehead atoms. The molecule has 0 N–H and O–H groups in total. The minimum absolute atomic E-state index is 0.0238. The molecule has 0 atom stereocenters. The van der Waals surface area contributed by atoms with Crippen molar-refractivity contribution in [3.63, 3.8) is 0 Å². The third kappa shape index (κ3) is 9.16. The SMILES string of the molecule is CC(C)(C)c1ccc(N(c2ccc3c(c2)[Se]c2cc(-c4ccccc4-c4ccccc4)cc4c2B3c2oc3ccc(C(C)(C)C)cc3c2N4c2cc(C(C)(C)C)cc(C(C)(C)C)c2)c2ccccc2-c2ccccc2)cc1. The average molecular weight is 1070 g/mol. The van der Waals surface area contributed by atoms with Crippen LogP contribution in [0.5, 0.6) is 0 Å². The van der Waals surface area contributed by atoms with Gasteiger partial charge in [-0.3, -0.25) is 0 Å². The first kappa shape index (κ1) is 50.5. The number of benzene rings is 9. The van der Waals surface area contributed by atoms with Gasteiger partial charge in [0.25, 0.3) is 0 Å². The fourth-order valence-electron chi connectivity index (χ4n) is 11.5. The molecule has 0 aliphatic carbocycles. The van der Waals surface area contributed by atoms with Gasteiger partial charge in [0, 0.05) is 0 Å². The number of nitrogens with zero attached hydrogens (tertiary/aromatic N) is 2. The van der Waals surface area contributed by atoms with Crippen LogP contribution in [0.1, 0.15) is 105 Å². The molecule has 0 saturated heterocycles. The Morgan fingerprint density at radius 2 is 0.961 bits per heavy atom. The molecule has 0 spiro atoms. The number of hydrogen-bond donors (Lipinski definition) is 0. The molecule has 0 fully saturated rings. The Balaban J connectivity index is 1.15. The van der Waals surface area contributed by atoms with Gasteiger partial charge in [-0.1, -0.05) is 0 Å². The van der Waals surface area contributed by atoms with Crippen molar-refractivity contribution in [2.24, 2.45) is 0 Å². The molecule has 1 aromatic heterocycles. The van der Waals surface area contributed by atoms with E-state index in [-0.39, 0.29) is 43.3 Å². The first-order valence-electron chi connectivity index (χ1n) is 27.4. The normalized spacial score (nSPS) is 13.4. The summed E-state index contributed by atoms with van der Waals surface area (Å²) in [6, 6.07) is 75.5. The zero-order valence-electron chi connectivity index (χ0n) is 46.8. The number of anilines is 6. The molecule has 0 amide bonds. The van der Waals surface area contributed by atoms with Gasteiger partial charge in [0.15, 0.2) is 0 Å². The zero-order chi connectivity index (χ0) is 53.8. The van der Waals surface area contributed by atoms with Crippen molar-refractivity contribution < 1.29 is 4.42 Å². The van der Waals surface area contributed by atoms with E-state index in [1.54, 1.807) is 0 Å². The molecular weight excluding hydrogens is 999 g/mol. The molecule has 12 rings (SSSR count). The van der Waals surface area contributed by atoms with Gasteiger partial charge in [0.2, 0.25) is 0 Å². The summed E-state index contributed by atoms with van der Waals surface area (Å²) in [6.07, 6.45) is 0. The molecule has 3 heterocycles. The van der Waals surface area contributed by atoms with E-state index < -0.39 is 0 Å². The second kappa shape index (κ2) is 18.7. The Labute approximate surface area is 464 Å². The summed E-state index contributed by atoms with van der Waals surface area (Å²) in [4.78, 5) is 5.10. The topological polar surface area (TPSA) is 19.6 Å². The molecular formula is C72H69BN2OSe. The number of fused-ring (bicyclic) bond motifs is 6. The molecule has 2 aliphatic rings. The number of rotatable bonds is 7. The Kier molecular flexibility index (Phi) is 12.3. The Morgan fingerprint density at radius 1 is 0.429 bits per heavy atom. The zero-order valence-corrected chi connectivity index (χ0v) is 48.6. The molecule has 5 heteroatoms. The van der Waals surface area contributed by atoms with Crippen molar-refractivity contribution in [1.29, 1.82) is 0 Å². The van der Waals surface area contributed by atoms with E-state index in [1.165, 1.54) is 86.9 Å². The molecule has 0 unspecified atom stereocenters. The van der Waals surface area contributed by atoms with Crippen molar-refractivity contribution in [2.45, 2.75) is 105 Å². The van der Waals surface area contributed by atoms with E-state index in [0.717, 1.165) is 39.4 Å². The number of para-hydroxylation sites is 1. The van der Waals surface area contributed by atoms with E-state index in [2.05, 4.69) is 293 Å². The Hall–Kier alpha value is -7.30. The summed E-state index contributed by atoms with van der Waals surface area (Å²) in [5, 5.41) is 1.14. The maximum atomic E-state index is 7.48. The molecule has 9 aromatic carbocycles. The van der Waals surface area contributed by atoms with Crippen LogP contribution in [0, 0.1) is 0 Å². The van der Waals surface area contributed by atoms with E-state index in [0.29, 0.717) is 0 Å². The van der Waals surface area contributed by atoms with Crippen LogP contribution in [-0.2, 0) is 21.7 Å². The third-order valence-corrected chi connectivity index (χ3v) is 18.3. The molecule has 10 aromatic rings. The van der Waals surface area contributed by atoms with E-state index in [4.69, 9.17) is 4.42 Å². The quantitative estimate of drug-likeness (QED) is 0.148. The third-order valence-electron chi connectivity index (χ3n) is 15.9. The van der Waals surface area contributed by atoms with Crippen LogP contribution in [0.3, 0.4) is 0 Å². The van der Waals surface area contributed by atoms with Crippen LogP contribution in [0.15, 0.2) is 205 Å². The summed E-state index contributed by atoms with van der Waals surface area (Å²) in [5.41, 5.74) is 23.8. The van der Waals surface area contributed by atoms with Crippen LogP contribution in [0.2, 0.25) is 0 Å². The molecule has 3 nitrogen and oxygen atoms in total. The Morgan fingerprint density at radius 3 is 1.57 bits per heavy atom. The van der Waals surface area contributed by atoms with Gasteiger partial charge < -0.3 is 0 Å². The van der Waals surface area contributed by atoms with Crippen molar-refractivity contribution in [2.75, 3.05) is 9.80 Å². The van der Waals surface area contributed by atoms with Gasteiger partial charge in [-0.05, 0) is 0 Å². The van der Waals surface area contributed by atoms with Crippen molar-refractivity contribution in [3.8, 4) is 33.4 Å². The maximum absolute atomic E-state index is 7.48. The second-order valence-electron chi connectivity index (χ2n) is 25.5. The van der Waals surface area contributed by atoms with Crippen LogP contribution in [-0.4, -0.2) is 21.7 Å². The van der Waals surface area contributed by atoms with Gasteiger partial charge >= 0.3 is 467 Å². The fourth-order valence-corrected chi connectivity index (χ4v) is 14.1. The van der Waals surface area contributed by atoms with Crippen molar-refractivity contribution in [1.82, 2.24) is 0 Å².